The molecule has 4 aliphatic heterocycles. The Morgan fingerprint density at radius 2 is 2.04 bits per heavy atom. The van der Waals surface area contributed by atoms with E-state index in [1.807, 2.05) is 31.2 Å². The number of hydrogen-bond donors (Lipinski definition) is 1. The molecule has 5 rings (SSSR count). The van der Waals surface area contributed by atoms with E-state index in [9.17, 15) is 14.4 Å². The molecule has 8 nitrogen and oxygen atoms in total. The van der Waals surface area contributed by atoms with Crippen LogP contribution in [0.5, 0.6) is 0 Å². The molecule has 1 spiro atoms. The second-order valence-electron chi connectivity index (χ2n) is 7.83. The van der Waals surface area contributed by atoms with E-state index in [0.29, 0.717) is 0 Å². The van der Waals surface area contributed by atoms with Crippen LogP contribution in [0.15, 0.2) is 24.3 Å². The monoisotopic (exact) mass is 386 g/mol. The molecule has 0 unspecified atom stereocenters. The summed E-state index contributed by atoms with van der Waals surface area (Å²) in [5.74, 6) is -3.54. The number of piperidine rings is 1. The fraction of sp³-hybridized carbons (Fsp3) is 0.550. The van der Waals surface area contributed by atoms with Crippen LogP contribution in [0, 0.1) is 5.92 Å². The van der Waals surface area contributed by atoms with Gasteiger partial charge in [-0.05, 0) is 25.0 Å². The number of carbonyl (C=O) groups is 3. The average Bonchev–Trinajstić information content (AvgIpc) is 3.15. The Kier molecular flexibility index (Phi) is 3.49. The van der Waals surface area contributed by atoms with Crippen molar-refractivity contribution in [2.75, 3.05) is 13.7 Å². The predicted octanol–water partition coefficient (Wildman–Crippen LogP) is 0.824. The maximum Gasteiger partial charge on any atom is 0.348 e. The molecule has 4 heterocycles. The molecule has 0 aliphatic carbocycles. The van der Waals surface area contributed by atoms with Crippen molar-refractivity contribution in [2.45, 2.75) is 49.7 Å². The zero-order chi connectivity index (χ0) is 19.8. The third-order valence-electron chi connectivity index (χ3n) is 6.57. The largest absolute Gasteiger partial charge is 0.466 e. The number of hydrogen-bond acceptors (Lipinski definition) is 7. The van der Waals surface area contributed by atoms with Crippen molar-refractivity contribution in [3.63, 3.8) is 0 Å². The zero-order valence-electron chi connectivity index (χ0n) is 15.9. The highest BCUT2D eigenvalue weighted by Gasteiger charge is 2.80. The Morgan fingerprint density at radius 3 is 2.71 bits per heavy atom. The van der Waals surface area contributed by atoms with Crippen LogP contribution in [0.2, 0.25) is 0 Å². The van der Waals surface area contributed by atoms with Crippen LogP contribution in [-0.2, 0) is 28.6 Å². The number of rotatable bonds is 3. The maximum absolute atomic E-state index is 13.5. The van der Waals surface area contributed by atoms with Gasteiger partial charge in [0, 0.05) is 12.5 Å². The van der Waals surface area contributed by atoms with Gasteiger partial charge < -0.3 is 14.2 Å². The second-order valence-corrected chi connectivity index (χ2v) is 7.83. The van der Waals surface area contributed by atoms with Crippen LogP contribution < -0.4 is 5.32 Å². The van der Waals surface area contributed by atoms with Crippen molar-refractivity contribution < 1.29 is 28.6 Å². The van der Waals surface area contributed by atoms with Crippen LogP contribution >= 0.6 is 0 Å². The molecule has 1 amide bonds. The number of fused-ring (bicyclic) bond motifs is 4. The fourth-order valence-electron chi connectivity index (χ4n) is 5.58. The Morgan fingerprint density at radius 1 is 1.32 bits per heavy atom. The highest BCUT2D eigenvalue weighted by Crippen LogP contribution is 2.65. The highest BCUT2D eigenvalue weighted by molar-refractivity contribution is 6.09. The van der Waals surface area contributed by atoms with Crippen molar-refractivity contribution in [2.24, 2.45) is 5.92 Å². The molecular weight excluding hydrogens is 364 g/mol. The van der Waals surface area contributed by atoms with Crippen molar-refractivity contribution in [3.05, 3.63) is 35.4 Å². The summed E-state index contributed by atoms with van der Waals surface area (Å²) in [6.45, 7) is 3.89. The topological polar surface area (TPSA) is 94.2 Å². The molecular formula is C20H22N2O6. The van der Waals surface area contributed by atoms with Gasteiger partial charge in [0.15, 0.2) is 0 Å². The number of ether oxygens (including phenoxy) is 3. The third kappa shape index (κ3) is 1.80. The molecule has 0 aromatic heterocycles. The summed E-state index contributed by atoms with van der Waals surface area (Å²) in [5.41, 5.74) is 0.212. The smallest absolute Gasteiger partial charge is 0.348 e. The lowest BCUT2D eigenvalue weighted by Crippen LogP contribution is -2.73. The molecule has 0 saturated carbocycles. The van der Waals surface area contributed by atoms with Gasteiger partial charge in [0.1, 0.15) is 0 Å². The van der Waals surface area contributed by atoms with Gasteiger partial charge in [-0.2, -0.15) is 0 Å². The van der Waals surface area contributed by atoms with Crippen LogP contribution in [0.3, 0.4) is 0 Å². The third-order valence-corrected chi connectivity index (χ3v) is 6.57. The molecule has 3 saturated heterocycles. The lowest BCUT2D eigenvalue weighted by atomic mass is 9.68. The van der Waals surface area contributed by atoms with Gasteiger partial charge in [0.2, 0.25) is 11.4 Å². The maximum atomic E-state index is 13.5. The Bertz CT molecular complexity index is 902. The fourth-order valence-corrected chi connectivity index (χ4v) is 5.58. The Balaban J connectivity index is 1.74. The summed E-state index contributed by atoms with van der Waals surface area (Å²) in [4.78, 5) is 40.5. The summed E-state index contributed by atoms with van der Waals surface area (Å²) in [6, 6.07) is 6.86. The van der Waals surface area contributed by atoms with E-state index in [1.54, 1.807) is 11.8 Å². The number of nitrogens with one attached hydrogen (secondary N) is 1. The summed E-state index contributed by atoms with van der Waals surface area (Å²) in [5, 5.41) is 3.35. The molecule has 148 valence electrons. The first-order valence-electron chi connectivity index (χ1n) is 9.56. The van der Waals surface area contributed by atoms with E-state index in [1.165, 1.54) is 7.11 Å². The molecule has 1 aromatic carbocycles. The lowest BCUT2D eigenvalue weighted by Gasteiger charge is -2.57. The van der Waals surface area contributed by atoms with Crippen molar-refractivity contribution >= 4 is 17.8 Å². The Hall–Kier alpha value is -2.45. The number of methoxy groups -OCH3 is 1. The number of esters is 2. The first-order valence-corrected chi connectivity index (χ1v) is 9.56. The van der Waals surface area contributed by atoms with Crippen molar-refractivity contribution in [3.8, 4) is 0 Å². The summed E-state index contributed by atoms with van der Waals surface area (Å²) >= 11 is 0. The lowest BCUT2D eigenvalue weighted by molar-refractivity contribution is -0.200. The molecule has 6 atom stereocenters. The van der Waals surface area contributed by atoms with E-state index >= 15 is 0 Å². The number of nitrogens with zero attached hydrogens (tertiary/aromatic N) is 1. The van der Waals surface area contributed by atoms with Crippen LogP contribution in [0.25, 0.3) is 0 Å². The molecule has 3 bridgehead atoms. The SMILES string of the molecule is CCOC(=O)[C@@H]1[C@H]2c3ccccc3[C@@H]3C[C@@]4(C(=O)OC)O[C@]3(N[C@@H]1C)N2C4=O. The highest BCUT2D eigenvalue weighted by atomic mass is 16.6. The van der Waals surface area contributed by atoms with Gasteiger partial charge in [0.25, 0.3) is 5.91 Å². The molecule has 1 aromatic rings. The van der Waals surface area contributed by atoms with Crippen molar-refractivity contribution in [1.82, 2.24) is 10.2 Å². The van der Waals surface area contributed by atoms with Gasteiger partial charge in [-0.25, -0.2) is 4.79 Å². The first-order chi connectivity index (χ1) is 13.4. The predicted molar refractivity (Wildman–Crippen MR) is 94.7 cm³/mol. The van der Waals surface area contributed by atoms with E-state index in [4.69, 9.17) is 14.2 Å². The van der Waals surface area contributed by atoms with E-state index in [2.05, 4.69) is 5.32 Å². The van der Waals surface area contributed by atoms with Crippen LogP contribution in [0.4, 0.5) is 0 Å². The number of benzene rings is 1. The summed E-state index contributed by atoms with van der Waals surface area (Å²) in [7, 11) is 1.25. The molecule has 3 fully saturated rings. The van der Waals surface area contributed by atoms with E-state index < -0.39 is 35.3 Å². The second kappa shape index (κ2) is 5.55. The standard InChI is InChI=1S/C20H22N2O6/c1-4-27-16(23)14-10(2)21-20-13-9-19(28-20,18(25)26-3)17(24)22(20)15(14)12-8-6-5-7-11(12)13/h5-8,10,13-15,21H,4,9H2,1-3H3/t10-,13+,14+,15-,19-,20-/m1/s1. The minimum Gasteiger partial charge on any atom is -0.466 e. The van der Waals surface area contributed by atoms with Gasteiger partial charge in [-0.3, -0.25) is 19.8 Å². The summed E-state index contributed by atoms with van der Waals surface area (Å²) < 4.78 is 16.5. The number of carbonyl (C=O) groups excluding carboxylic acids is 3. The van der Waals surface area contributed by atoms with Crippen LogP contribution in [0.1, 0.15) is 43.4 Å². The zero-order valence-corrected chi connectivity index (χ0v) is 15.9. The molecule has 8 heteroatoms. The van der Waals surface area contributed by atoms with Gasteiger partial charge in [-0.1, -0.05) is 24.3 Å². The molecule has 1 N–H and O–H groups in total. The van der Waals surface area contributed by atoms with E-state index in [-0.39, 0.29) is 31.0 Å². The normalized spacial score (nSPS) is 39.5. The minimum absolute atomic E-state index is 0.211. The van der Waals surface area contributed by atoms with Crippen LogP contribution in [-0.4, -0.2) is 54.0 Å². The average molecular weight is 386 g/mol. The Labute approximate surface area is 162 Å². The quantitative estimate of drug-likeness (QED) is 0.607. The van der Waals surface area contributed by atoms with Gasteiger partial charge in [0.05, 0.1) is 31.6 Å². The first kappa shape index (κ1) is 17.6. The molecule has 28 heavy (non-hydrogen) atoms. The van der Waals surface area contributed by atoms with Crippen molar-refractivity contribution in [1.29, 1.82) is 0 Å². The number of amides is 1. The van der Waals surface area contributed by atoms with Gasteiger partial charge in [-0.15, -0.1) is 0 Å². The summed E-state index contributed by atoms with van der Waals surface area (Å²) in [6.07, 6.45) is 0.211. The molecule has 0 radical (unpaired) electrons. The van der Waals surface area contributed by atoms with E-state index in [0.717, 1.165) is 11.1 Å². The van der Waals surface area contributed by atoms with Gasteiger partial charge >= 0.3 is 11.9 Å². The minimum atomic E-state index is -1.68. The molecule has 4 aliphatic rings.